The van der Waals surface area contributed by atoms with Crippen molar-refractivity contribution in [2.45, 2.75) is 38.8 Å². The molecular formula is C21H31IN4. The molecule has 0 bridgehead atoms. The summed E-state index contributed by atoms with van der Waals surface area (Å²) in [4.78, 5) is 6.97. The Labute approximate surface area is 174 Å². The second-order valence-electron chi connectivity index (χ2n) is 6.82. The summed E-state index contributed by atoms with van der Waals surface area (Å²) in [6, 6.07) is 15.5. The molecule has 0 radical (unpaired) electrons. The lowest BCUT2D eigenvalue weighted by molar-refractivity contribution is 0.206. The van der Waals surface area contributed by atoms with Crippen molar-refractivity contribution < 1.29 is 0 Å². The van der Waals surface area contributed by atoms with E-state index in [1.807, 2.05) is 7.05 Å². The van der Waals surface area contributed by atoms with Gasteiger partial charge in [-0.25, -0.2) is 0 Å². The Kier molecular flexibility index (Phi) is 8.65. The van der Waals surface area contributed by atoms with Gasteiger partial charge in [0.1, 0.15) is 0 Å². The zero-order valence-electron chi connectivity index (χ0n) is 15.9. The summed E-state index contributed by atoms with van der Waals surface area (Å²) in [6.45, 7) is 6.64. The van der Waals surface area contributed by atoms with Gasteiger partial charge in [0.2, 0.25) is 0 Å². The van der Waals surface area contributed by atoms with E-state index in [4.69, 9.17) is 0 Å². The average molecular weight is 466 g/mol. The van der Waals surface area contributed by atoms with Crippen LogP contribution in [0.2, 0.25) is 0 Å². The molecule has 26 heavy (non-hydrogen) atoms. The number of hydrogen-bond donors (Lipinski definition) is 2. The predicted octanol–water partition coefficient (Wildman–Crippen LogP) is 4.00. The van der Waals surface area contributed by atoms with Crippen molar-refractivity contribution >= 4 is 40.7 Å². The molecule has 0 unspecified atom stereocenters. The van der Waals surface area contributed by atoms with Gasteiger partial charge in [0.15, 0.2) is 5.96 Å². The second-order valence-corrected chi connectivity index (χ2v) is 6.82. The van der Waals surface area contributed by atoms with Crippen LogP contribution in [0.15, 0.2) is 47.5 Å². The van der Waals surface area contributed by atoms with Gasteiger partial charge in [0.25, 0.3) is 0 Å². The van der Waals surface area contributed by atoms with Gasteiger partial charge < -0.3 is 15.5 Å². The number of benzene rings is 2. The van der Waals surface area contributed by atoms with Gasteiger partial charge in [-0.1, -0.05) is 49.4 Å². The molecule has 1 fully saturated rings. The van der Waals surface area contributed by atoms with E-state index in [0.29, 0.717) is 6.04 Å². The maximum atomic E-state index is 4.41. The zero-order valence-corrected chi connectivity index (χ0v) is 18.2. The Balaban J connectivity index is 0.00000243. The molecule has 0 atom stereocenters. The number of halogens is 1. The first-order valence-electron chi connectivity index (χ1n) is 9.46. The van der Waals surface area contributed by atoms with Gasteiger partial charge in [-0.05, 0) is 42.1 Å². The van der Waals surface area contributed by atoms with Crippen molar-refractivity contribution in [3.63, 3.8) is 0 Å². The minimum absolute atomic E-state index is 0. The number of rotatable bonds is 5. The minimum atomic E-state index is 0. The minimum Gasteiger partial charge on any atom is -0.354 e. The fraction of sp³-hybridized carbons (Fsp3) is 0.476. The van der Waals surface area contributed by atoms with Crippen LogP contribution in [-0.4, -0.2) is 43.6 Å². The number of piperidine rings is 1. The maximum absolute atomic E-state index is 4.41. The lowest BCUT2D eigenvalue weighted by Gasteiger charge is -2.32. The van der Waals surface area contributed by atoms with Crippen LogP contribution in [0.5, 0.6) is 0 Å². The number of aliphatic imine (C=N–C) groups is 1. The monoisotopic (exact) mass is 466 g/mol. The summed E-state index contributed by atoms with van der Waals surface area (Å²) in [7, 11) is 1.85. The van der Waals surface area contributed by atoms with Gasteiger partial charge in [-0.2, -0.15) is 0 Å². The topological polar surface area (TPSA) is 39.7 Å². The largest absolute Gasteiger partial charge is 0.354 e. The second kappa shape index (κ2) is 10.7. The third-order valence-electron chi connectivity index (χ3n) is 5.02. The number of nitrogens with one attached hydrogen (secondary N) is 2. The maximum Gasteiger partial charge on any atom is 0.191 e. The van der Waals surface area contributed by atoms with Crippen LogP contribution in [0.25, 0.3) is 10.8 Å². The molecular weight excluding hydrogens is 435 g/mol. The first-order valence-corrected chi connectivity index (χ1v) is 9.46. The first kappa shape index (κ1) is 21.0. The van der Waals surface area contributed by atoms with E-state index in [1.165, 1.54) is 55.2 Å². The van der Waals surface area contributed by atoms with Crippen LogP contribution >= 0.6 is 24.0 Å². The van der Waals surface area contributed by atoms with E-state index in [9.17, 15) is 0 Å². The Bertz CT molecular complexity index is 703. The molecule has 0 saturated carbocycles. The van der Waals surface area contributed by atoms with Crippen LogP contribution < -0.4 is 10.6 Å². The molecule has 1 aliphatic rings. The fourth-order valence-electron chi connectivity index (χ4n) is 3.63. The zero-order chi connectivity index (χ0) is 17.5. The molecule has 0 amide bonds. The van der Waals surface area contributed by atoms with E-state index in [1.54, 1.807) is 0 Å². The Morgan fingerprint density at radius 1 is 1.12 bits per heavy atom. The third-order valence-corrected chi connectivity index (χ3v) is 5.02. The highest BCUT2D eigenvalue weighted by Crippen LogP contribution is 2.18. The van der Waals surface area contributed by atoms with E-state index in [0.717, 1.165) is 12.5 Å². The van der Waals surface area contributed by atoms with Gasteiger partial charge in [0, 0.05) is 32.7 Å². The summed E-state index contributed by atoms with van der Waals surface area (Å²) in [5.41, 5.74) is 1.30. The average Bonchev–Trinajstić information content (AvgIpc) is 2.66. The normalized spacial score (nSPS) is 16.3. The summed E-state index contributed by atoms with van der Waals surface area (Å²) >= 11 is 0. The molecule has 3 rings (SSSR count). The van der Waals surface area contributed by atoms with Crippen LogP contribution in [0.1, 0.15) is 31.7 Å². The molecule has 1 aliphatic heterocycles. The van der Waals surface area contributed by atoms with Crippen LogP contribution in [0.4, 0.5) is 0 Å². The summed E-state index contributed by atoms with van der Waals surface area (Å²) < 4.78 is 0. The van der Waals surface area contributed by atoms with E-state index >= 15 is 0 Å². The number of nitrogens with zero attached hydrogens (tertiary/aromatic N) is 2. The SMILES string of the molecule is CCCN1CCC(NC(=NC)NCc2cccc3ccccc23)CC1.I. The Hall–Kier alpha value is -1.34. The van der Waals surface area contributed by atoms with Gasteiger partial charge in [-0.15, -0.1) is 24.0 Å². The van der Waals surface area contributed by atoms with Gasteiger partial charge >= 0.3 is 0 Å². The van der Waals surface area contributed by atoms with Crippen molar-refractivity contribution in [2.24, 2.45) is 4.99 Å². The number of fused-ring (bicyclic) bond motifs is 1. The van der Waals surface area contributed by atoms with Crippen molar-refractivity contribution in [3.05, 3.63) is 48.0 Å². The standard InChI is InChI=1S/C21H30N4.HI/c1-3-13-25-14-11-19(12-15-25)24-21(22-2)23-16-18-9-6-8-17-7-4-5-10-20(17)18;/h4-10,19H,3,11-16H2,1-2H3,(H2,22,23,24);1H. The Morgan fingerprint density at radius 2 is 1.85 bits per heavy atom. The summed E-state index contributed by atoms with van der Waals surface area (Å²) in [5, 5.41) is 9.68. The smallest absolute Gasteiger partial charge is 0.191 e. The fourth-order valence-corrected chi connectivity index (χ4v) is 3.63. The van der Waals surface area contributed by atoms with Gasteiger partial charge in [0.05, 0.1) is 0 Å². The quantitative estimate of drug-likeness (QED) is 0.398. The van der Waals surface area contributed by atoms with Crippen molar-refractivity contribution in [1.29, 1.82) is 0 Å². The van der Waals surface area contributed by atoms with E-state index < -0.39 is 0 Å². The molecule has 142 valence electrons. The summed E-state index contributed by atoms with van der Waals surface area (Å²) in [6.07, 6.45) is 3.62. The highest BCUT2D eigenvalue weighted by atomic mass is 127. The van der Waals surface area contributed by atoms with Gasteiger partial charge in [-0.3, -0.25) is 4.99 Å². The molecule has 5 heteroatoms. The number of hydrogen-bond acceptors (Lipinski definition) is 2. The van der Waals surface area contributed by atoms with E-state index in [2.05, 4.69) is 69.9 Å². The summed E-state index contributed by atoms with van der Waals surface area (Å²) in [5.74, 6) is 0.905. The van der Waals surface area contributed by atoms with Crippen LogP contribution in [-0.2, 0) is 6.54 Å². The molecule has 2 aromatic rings. The lowest BCUT2D eigenvalue weighted by Crippen LogP contribution is -2.48. The molecule has 1 saturated heterocycles. The third kappa shape index (κ3) is 5.58. The molecule has 1 heterocycles. The van der Waals surface area contributed by atoms with Crippen molar-refractivity contribution in [1.82, 2.24) is 15.5 Å². The highest BCUT2D eigenvalue weighted by molar-refractivity contribution is 14.0. The van der Waals surface area contributed by atoms with Crippen LogP contribution in [0.3, 0.4) is 0 Å². The molecule has 0 aromatic heterocycles. The first-order chi connectivity index (χ1) is 12.3. The number of likely N-dealkylation sites (tertiary alicyclic amines) is 1. The predicted molar refractivity (Wildman–Crippen MR) is 122 cm³/mol. The number of guanidine groups is 1. The van der Waals surface area contributed by atoms with Crippen LogP contribution in [0, 0.1) is 0 Å². The lowest BCUT2D eigenvalue weighted by atomic mass is 10.0. The van der Waals surface area contributed by atoms with Crippen molar-refractivity contribution in [2.75, 3.05) is 26.7 Å². The molecule has 0 aliphatic carbocycles. The molecule has 4 nitrogen and oxygen atoms in total. The molecule has 2 N–H and O–H groups in total. The molecule has 2 aromatic carbocycles. The van der Waals surface area contributed by atoms with E-state index in [-0.39, 0.29) is 24.0 Å². The molecule has 0 spiro atoms. The van der Waals surface area contributed by atoms with Crippen molar-refractivity contribution in [3.8, 4) is 0 Å². The Morgan fingerprint density at radius 3 is 2.58 bits per heavy atom. The highest BCUT2D eigenvalue weighted by Gasteiger charge is 2.19.